The average molecular weight is 264 g/mol. The Morgan fingerprint density at radius 2 is 2.16 bits per heavy atom. The lowest BCUT2D eigenvalue weighted by Gasteiger charge is -2.30. The molecule has 1 aromatic heterocycles. The summed E-state index contributed by atoms with van der Waals surface area (Å²) >= 11 is 0. The van der Waals surface area contributed by atoms with Gasteiger partial charge in [0.15, 0.2) is 0 Å². The summed E-state index contributed by atoms with van der Waals surface area (Å²) in [5.41, 5.74) is -0.234. The Bertz CT molecular complexity index is 537. The second-order valence-electron chi connectivity index (χ2n) is 4.68. The van der Waals surface area contributed by atoms with Gasteiger partial charge in [0.1, 0.15) is 6.54 Å². The highest BCUT2D eigenvalue weighted by Crippen LogP contribution is 2.16. The fourth-order valence-corrected chi connectivity index (χ4v) is 2.24. The van der Waals surface area contributed by atoms with E-state index >= 15 is 0 Å². The number of amides is 1. The summed E-state index contributed by atoms with van der Waals surface area (Å²) in [4.78, 5) is 36.0. The quantitative estimate of drug-likeness (QED) is 0.844. The van der Waals surface area contributed by atoms with E-state index in [1.54, 1.807) is 18.3 Å². The van der Waals surface area contributed by atoms with Crippen LogP contribution in [0, 0.1) is 5.92 Å². The normalized spacial score (nSPS) is 19.2. The Labute approximate surface area is 110 Å². The van der Waals surface area contributed by atoms with Crippen molar-refractivity contribution in [2.45, 2.75) is 19.4 Å². The van der Waals surface area contributed by atoms with Crippen LogP contribution in [0.15, 0.2) is 29.2 Å². The van der Waals surface area contributed by atoms with Crippen LogP contribution in [0.5, 0.6) is 0 Å². The summed E-state index contributed by atoms with van der Waals surface area (Å²) in [6.45, 7) is 0.756. The number of aromatic nitrogens is 1. The summed E-state index contributed by atoms with van der Waals surface area (Å²) < 4.78 is 1.33. The molecular formula is C13H16N2O4. The van der Waals surface area contributed by atoms with E-state index in [9.17, 15) is 14.4 Å². The van der Waals surface area contributed by atoms with Crippen LogP contribution in [0.1, 0.15) is 12.8 Å². The van der Waals surface area contributed by atoms with Crippen LogP contribution in [0.3, 0.4) is 0 Å². The van der Waals surface area contributed by atoms with Crippen molar-refractivity contribution in [3.8, 4) is 0 Å². The number of likely N-dealkylation sites (tertiary alicyclic amines) is 1. The van der Waals surface area contributed by atoms with Crippen LogP contribution in [0.25, 0.3) is 0 Å². The van der Waals surface area contributed by atoms with Crippen molar-refractivity contribution in [3.05, 3.63) is 34.7 Å². The molecule has 0 radical (unpaired) electrons. The summed E-state index contributed by atoms with van der Waals surface area (Å²) in [5.74, 6) is -1.57. The van der Waals surface area contributed by atoms with Gasteiger partial charge in [-0.25, -0.2) is 0 Å². The van der Waals surface area contributed by atoms with Crippen LogP contribution in [-0.2, 0) is 16.1 Å². The Morgan fingerprint density at radius 3 is 2.84 bits per heavy atom. The number of piperidine rings is 1. The second kappa shape index (κ2) is 5.69. The van der Waals surface area contributed by atoms with Crippen molar-refractivity contribution < 1.29 is 14.7 Å². The van der Waals surface area contributed by atoms with Crippen LogP contribution < -0.4 is 5.56 Å². The molecule has 102 valence electrons. The first-order valence-electron chi connectivity index (χ1n) is 6.24. The maximum atomic E-state index is 12.1. The van der Waals surface area contributed by atoms with Gasteiger partial charge < -0.3 is 14.6 Å². The third-order valence-corrected chi connectivity index (χ3v) is 3.33. The number of pyridine rings is 1. The number of carboxylic acids is 1. The van der Waals surface area contributed by atoms with Gasteiger partial charge in [-0.05, 0) is 18.9 Å². The molecule has 1 aliphatic rings. The zero-order valence-electron chi connectivity index (χ0n) is 10.5. The predicted octanol–water partition coefficient (Wildman–Crippen LogP) is 0.171. The molecule has 2 heterocycles. The molecule has 0 aliphatic carbocycles. The van der Waals surface area contributed by atoms with E-state index in [-0.39, 0.29) is 24.6 Å². The summed E-state index contributed by atoms with van der Waals surface area (Å²) in [6.07, 6.45) is 2.84. The molecule has 0 bridgehead atoms. The van der Waals surface area contributed by atoms with Crippen molar-refractivity contribution in [1.29, 1.82) is 0 Å². The first-order chi connectivity index (χ1) is 9.08. The van der Waals surface area contributed by atoms with Gasteiger partial charge in [0.25, 0.3) is 5.56 Å². The minimum Gasteiger partial charge on any atom is -0.481 e. The third kappa shape index (κ3) is 3.21. The smallest absolute Gasteiger partial charge is 0.308 e. The van der Waals surface area contributed by atoms with Crippen molar-refractivity contribution in [2.75, 3.05) is 13.1 Å². The molecule has 19 heavy (non-hydrogen) atoms. The largest absolute Gasteiger partial charge is 0.481 e. The maximum Gasteiger partial charge on any atom is 0.308 e. The first-order valence-corrected chi connectivity index (χ1v) is 6.24. The highest BCUT2D eigenvalue weighted by Gasteiger charge is 2.28. The molecule has 6 nitrogen and oxygen atoms in total. The van der Waals surface area contributed by atoms with E-state index in [1.807, 2.05) is 0 Å². The Hall–Kier alpha value is -2.11. The molecule has 2 rings (SSSR count). The van der Waals surface area contributed by atoms with Crippen LogP contribution in [0.2, 0.25) is 0 Å². The fourth-order valence-electron chi connectivity index (χ4n) is 2.24. The zero-order valence-corrected chi connectivity index (χ0v) is 10.5. The number of hydrogen-bond donors (Lipinski definition) is 1. The van der Waals surface area contributed by atoms with Crippen LogP contribution in [0.4, 0.5) is 0 Å². The highest BCUT2D eigenvalue weighted by atomic mass is 16.4. The number of carbonyl (C=O) groups excluding carboxylic acids is 1. The third-order valence-electron chi connectivity index (χ3n) is 3.33. The molecule has 1 fully saturated rings. The Morgan fingerprint density at radius 1 is 1.37 bits per heavy atom. The first kappa shape index (κ1) is 13.3. The molecule has 1 aromatic rings. The molecule has 1 atom stereocenters. The molecule has 1 aliphatic heterocycles. The fraction of sp³-hybridized carbons (Fsp3) is 0.462. The minimum absolute atomic E-state index is 0.0357. The molecular weight excluding hydrogens is 248 g/mol. The van der Waals surface area contributed by atoms with Crippen LogP contribution in [-0.4, -0.2) is 39.5 Å². The van der Waals surface area contributed by atoms with Gasteiger partial charge in [-0.1, -0.05) is 6.07 Å². The lowest BCUT2D eigenvalue weighted by Crippen LogP contribution is -2.44. The zero-order chi connectivity index (χ0) is 13.8. The molecule has 0 saturated carbocycles. The maximum absolute atomic E-state index is 12.1. The van der Waals surface area contributed by atoms with Crippen molar-refractivity contribution in [1.82, 2.24) is 9.47 Å². The monoisotopic (exact) mass is 264 g/mol. The number of aliphatic carboxylic acids is 1. The molecule has 1 amide bonds. The summed E-state index contributed by atoms with van der Waals surface area (Å²) in [7, 11) is 0. The number of nitrogens with zero attached hydrogens (tertiary/aromatic N) is 2. The topological polar surface area (TPSA) is 79.6 Å². The molecule has 6 heteroatoms. The highest BCUT2D eigenvalue weighted by molar-refractivity contribution is 5.77. The average Bonchev–Trinajstić information content (AvgIpc) is 2.41. The van der Waals surface area contributed by atoms with Crippen molar-refractivity contribution in [3.63, 3.8) is 0 Å². The molecule has 0 spiro atoms. The second-order valence-corrected chi connectivity index (χ2v) is 4.68. The molecule has 1 saturated heterocycles. The number of carbonyl (C=O) groups is 2. The van der Waals surface area contributed by atoms with Crippen molar-refractivity contribution in [2.24, 2.45) is 5.92 Å². The SMILES string of the molecule is O=C(O)[C@@H]1CCCN(C(=O)Cn2ccccc2=O)C1. The molecule has 0 unspecified atom stereocenters. The van der Waals surface area contributed by atoms with Crippen LogP contribution >= 0.6 is 0 Å². The predicted molar refractivity (Wildman–Crippen MR) is 67.6 cm³/mol. The minimum atomic E-state index is -0.866. The van der Waals surface area contributed by atoms with E-state index in [0.29, 0.717) is 19.4 Å². The Balaban J connectivity index is 2.02. The van der Waals surface area contributed by atoms with Gasteiger partial charge in [-0.2, -0.15) is 0 Å². The van der Waals surface area contributed by atoms with Gasteiger partial charge in [-0.15, -0.1) is 0 Å². The van der Waals surface area contributed by atoms with Gasteiger partial charge in [0.2, 0.25) is 5.91 Å². The lowest BCUT2D eigenvalue weighted by molar-refractivity contribution is -0.145. The Kier molecular flexibility index (Phi) is 3.99. The van der Waals surface area contributed by atoms with E-state index in [2.05, 4.69) is 0 Å². The molecule has 0 aromatic carbocycles. The van der Waals surface area contributed by atoms with E-state index < -0.39 is 11.9 Å². The van der Waals surface area contributed by atoms with Gasteiger partial charge >= 0.3 is 5.97 Å². The number of rotatable bonds is 3. The number of hydrogen-bond acceptors (Lipinski definition) is 3. The van der Waals surface area contributed by atoms with Gasteiger partial charge in [0.05, 0.1) is 5.92 Å². The van der Waals surface area contributed by atoms with Crippen molar-refractivity contribution >= 4 is 11.9 Å². The van der Waals surface area contributed by atoms with E-state index in [0.717, 1.165) is 0 Å². The lowest BCUT2D eigenvalue weighted by atomic mass is 9.98. The summed E-state index contributed by atoms with van der Waals surface area (Å²) in [6, 6.07) is 4.69. The standard InChI is InChI=1S/C13H16N2O4/c16-11-5-1-2-6-15(11)9-12(17)14-7-3-4-10(8-14)13(18)19/h1-2,5-6,10H,3-4,7-9H2,(H,18,19)/t10-/m1/s1. The van der Waals surface area contributed by atoms with E-state index in [1.165, 1.54) is 15.5 Å². The van der Waals surface area contributed by atoms with E-state index in [4.69, 9.17) is 5.11 Å². The summed E-state index contributed by atoms with van der Waals surface area (Å²) in [5, 5.41) is 8.98. The van der Waals surface area contributed by atoms with Gasteiger partial charge in [-0.3, -0.25) is 14.4 Å². The number of carboxylic acid groups (broad SMARTS) is 1. The van der Waals surface area contributed by atoms with Gasteiger partial charge in [0, 0.05) is 25.4 Å². The molecule has 1 N–H and O–H groups in total.